The highest BCUT2D eigenvalue weighted by Crippen LogP contribution is 2.54. The minimum absolute atomic E-state index is 0.223. The maximum atomic E-state index is 13.4. The molecule has 0 radical (unpaired) electrons. The van der Waals surface area contributed by atoms with Crippen LogP contribution in [0.1, 0.15) is 6.42 Å². The molecular weight excluding hydrogens is 356 g/mol. The lowest BCUT2D eigenvalue weighted by molar-refractivity contribution is -0.251. The van der Waals surface area contributed by atoms with Crippen molar-refractivity contribution in [3.8, 4) is 0 Å². The van der Waals surface area contributed by atoms with Crippen molar-refractivity contribution in [1.29, 1.82) is 0 Å². The van der Waals surface area contributed by atoms with Gasteiger partial charge in [-0.25, -0.2) is 4.79 Å². The van der Waals surface area contributed by atoms with E-state index in [0.717, 1.165) is 4.90 Å². The summed E-state index contributed by atoms with van der Waals surface area (Å²) in [5.41, 5.74) is -0.993. The fraction of sp³-hybridized carbons (Fsp3) is 0.474. The van der Waals surface area contributed by atoms with Crippen molar-refractivity contribution >= 4 is 23.5 Å². The third-order valence-corrected chi connectivity index (χ3v) is 6.56. The highest BCUT2D eigenvalue weighted by atomic mass is 32.2. The Morgan fingerprint density at radius 1 is 1.08 bits per heavy atom. The van der Waals surface area contributed by atoms with E-state index in [1.54, 1.807) is 17.8 Å². The van der Waals surface area contributed by atoms with Crippen molar-refractivity contribution in [2.24, 2.45) is 5.92 Å². The highest BCUT2D eigenvalue weighted by molar-refractivity contribution is 8.00. The summed E-state index contributed by atoms with van der Waals surface area (Å²) in [6, 6.07) is 9.77. The molecule has 0 aromatic heterocycles. The predicted molar refractivity (Wildman–Crippen MR) is 95.8 cm³/mol. The summed E-state index contributed by atoms with van der Waals surface area (Å²) >= 11 is 1.54. The SMILES string of the molecule is COC(=O)C1=C[C@@]2(OC)C(=O)C(OC)(OC)[C@H]1C[C@@H]2Sc1ccccc1. The van der Waals surface area contributed by atoms with Gasteiger partial charge >= 0.3 is 5.97 Å². The Kier molecular flexibility index (Phi) is 5.25. The van der Waals surface area contributed by atoms with Crippen molar-refractivity contribution in [1.82, 2.24) is 0 Å². The molecule has 3 atom stereocenters. The molecule has 3 aliphatic rings. The normalized spacial score (nSPS) is 29.4. The van der Waals surface area contributed by atoms with E-state index in [-0.39, 0.29) is 11.0 Å². The summed E-state index contributed by atoms with van der Waals surface area (Å²) in [6.45, 7) is 0. The molecule has 1 aromatic carbocycles. The van der Waals surface area contributed by atoms with E-state index in [9.17, 15) is 9.59 Å². The van der Waals surface area contributed by atoms with E-state index in [1.165, 1.54) is 28.4 Å². The first kappa shape index (κ1) is 19.1. The zero-order chi connectivity index (χ0) is 18.9. The molecule has 0 aliphatic heterocycles. The van der Waals surface area contributed by atoms with E-state index < -0.39 is 23.3 Å². The van der Waals surface area contributed by atoms with E-state index in [1.807, 2.05) is 30.3 Å². The second-order valence-electron chi connectivity index (χ2n) is 6.20. The maximum absolute atomic E-state index is 13.4. The quantitative estimate of drug-likeness (QED) is 0.555. The van der Waals surface area contributed by atoms with Crippen LogP contribution in [0.4, 0.5) is 0 Å². The standard InChI is InChI=1S/C19H22O6S/c1-22-16(20)13-11-18(23-2)15(26-12-8-6-5-7-9-12)10-14(13)19(24-3,25-4)17(18)21/h5-9,11,14-15H,10H2,1-4H3/t14-,15-,18-/m0/s1. The summed E-state index contributed by atoms with van der Waals surface area (Å²) in [6.07, 6.45) is 2.06. The average molecular weight is 378 g/mol. The molecule has 1 fully saturated rings. The zero-order valence-electron chi connectivity index (χ0n) is 15.2. The molecule has 0 N–H and O–H groups in total. The minimum atomic E-state index is -1.57. The van der Waals surface area contributed by atoms with Gasteiger partial charge in [-0.15, -0.1) is 11.8 Å². The minimum Gasteiger partial charge on any atom is -0.466 e. The van der Waals surface area contributed by atoms with Gasteiger partial charge in [0.2, 0.25) is 11.6 Å². The monoisotopic (exact) mass is 378 g/mol. The van der Waals surface area contributed by atoms with Crippen molar-refractivity contribution in [3.05, 3.63) is 42.0 Å². The molecule has 6 nitrogen and oxygen atoms in total. The molecule has 0 amide bonds. The average Bonchev–Trinajstić information content (AvgIpc) is 2.69. The number of rotatable bonds is 6. The van der Waals surface area contributed by atoms with Gasteiger partial charge in [0, 0.05) is 31.8 Å². The molecule has 4 rings (SSSR count). The molecule has 0 unspecified atom stereocenters. The first-order valence-corrected chi connectivity index (χ1v) is 9.10. The van der Waals surface area contributed by atoms with Crippen molar-refractivity contribution < 1.29 is 28.5 Å². The van der Waals surface area contributed by atoms with Gasteiger partial charge in [0.15, 0.2) is 5.60 Å². The van der Waals surface area contributed by atoms with Crippen LogP contribution in [-0.2, 0) is 28.5 Å². The van der Waals surface area contributed by atoms with Crippen LogP contribution in [0.15, 0.2) is 46.9 Å². The maximum Gasteiger partial charge on any atom is 0.334 e. The van der Waals surface area contributed by atoms with Gasteiger partial charge in [-0.1, -0.05) is 18.2 Å². The van der Waals surface area contributed by atoms with Crippen LogP contribution in [0, 0.1) is 5.92 Å². The zero-order valence-corrected chi connectivity index (χ0v) is 16.0. The second kappa shape index (κ2) is 7.15. The first-order chi connectivity index (χ1) is 12.5. The van der Waals surface area contributed by atoms with Crippen molar-refractivity contribution in [2.45, 2.75) is 28.0 Å². The lowest BCUT2D eigenvalue weighted by atomic mass is 9.63. The Bertz CT molecular complexity index is 727. The summed E-state index contributed by atoms with van der Waals surface area (Å²) in [4.78, 5) is 26.7. The number of methoxy groups -OCH3 is 4. The van der Waals surface area contributed by atoms with Gasteiger partial charge in [-0.2, -0.15) is 0 Å². The number of esters is 1. The van der Waals surface area contributed by atoms with Gasteiger partial charge < -0.3 is 18.9 Å². The van der Waals surface area contributed by atoms with Gasteiger partial charge in [-0.3, -0.25) is 4.79 Å². The number of fused-ring (bicyclic) bond motifs is 2. The number of benzene rings is 1. The van der Waals surface area contributed by atoms with Crippen LogP contribution in [0.5, 0.6) is 0 Å². The molecule has 1 saturated carbocycles. The Balaban J connectivity index is 2.10. The Morgan fingerprint density at radius 2 is 1.73 bits per heavy atom. The van der Waals surface area contributed by atoms with Crippen molar-refractivity contribution in [3.63, 3.8) is 0 Å². The van der Waals surface area contributed by atoms with E-state index in [2.05, 4.69) is 0 Å². The van der Waals surface area contributed by atoms with Crippen LogP contribution in [0.2, 0.25) is 0 Å². The molecule has 3 aliphatic carbocycles. The number of hydrogen-bond donors (Lipinski definition) is 0. The number of thioether (sulfide) groups is 1. The summed E-state index contributed by atoms with van der Waals surface area (Å²) < 4.78 is 21.7. The van der Waals surface area contributed by atoms with Crippen LogP contribution in [0.3, 0.4) is 0 Å². The molecule has 140 valence electrons. The fourth-order valence-corrected chi connectivity index (χ4v) is 5.28. The largest absolute Gasteiger partial charge is 0.466 e. The number of carbonyl (C=O) groups is 2. The lowest BCUT2D eigenvalue weighted by Crippen LogP contribution is -2.71. The molecule has 0 heterocycles. The third-order valence-electron chi connectivity index (χ3n) is 5.19. The molecule has 2 bridgehead atoms. The Labute approximate surface area is 156 Å². The Hall–Kier alpha value is -1.67. The smallest absolute Gasteiger partial charge is 0.334 e. The molecule has 26 heavy (non-hydrogen) atoms. The number of hydrogen-bond acceptors (Lipinski definition) is 7. The van der Waals surface area contributed by atoms with Crippen molar-refractivity contribution in [2.75, 3.05) is 28.4 Å². The van der Waals surface area contributed by atoms with Gasteiger partial charge in [0.05, 0.1) is 18.3 Å². The summed E-state index contributed by atoms with van der Waals surface area (Å²) in [5.74, 6) is -2.99. The Morgan fingerprint density at radius 3 is 2.27 bits per heavy atom. The highest BCUT2D eigenvalue weighted by Gasteiger charge is 2.68. The lowest BCUT2D eigenvalue weighted by Gasteiger charge is -2.54. The van der Waals surface area contributed by atoms with Crippen LogP contribution < -0.4 is 0 Å². The van der Waals surface area contributed by atoms with Crippen LogP contribution in [0.25, 0.3) is 0 Å². The van der Waals surface area contributed by atoms with Gasteiger partial charge in [0.1, 0.15) is 0 Å². The molecular formula is C19H22O6S. The number of carbonyl (C=O) groups excluding carboxylic acids is 2. The van der Waals surface area contributed by atoms with Crippen LogP contribution >= 0.6 is 11.8 Å². The van der Waals surface area contributed by atoms with Crippen LogP contribution in [-0.4, -0.2) is 56.8 Å². The second-order valence-corrected chi connectivity index (χ2v) is 7.48. The molecule has 0 saturated heterocycles. The fourth-order valence-electron chi connectivity index (χ4n) is 3.90. The van der Waals surface area contributed by atoms with Gasteiger partial charge in [0.25, 0.3) is 0 Å². The predicted octanol–water partition coefficient (Wildman–Crippen LogP) is 2.22. The number of Topliss-reactive ketones (excluding diaryl/α,β-unsaturated/α-hetero) is 1. The molecule has 7 heteroatoms. The summed E-state index contributed by atoms with van der Waals surface area (Å²) in [5, 5.41) is -0.223. The first-order valence-electron chi connectivity index (χ1n) is 8.22. The van der Waals surface area contributed by atoms with E-state index in [0.29, 0.717) is 12.0 Å². The number of ether oxygens (including phenoxy) is 4. The van der Waals surface area contributed by atoms with Gasteiger partial charge in [-0.05, 0) is 24.6 Å². The third kappa shape index (κ3) is 2.62. The topological polar surface area (TPSA) is 71.1 Å². The van der Waals surface area contributed by atoms with E-state index in [4.69, 9.17) is 18.9 Å². The van der Waals surface area contributed by atoms with E-state index >= 15 is 0 Å². The molecule has 0 spiro atoms. The molecule has 1 aromatic rings. The number of ketones is 1. The summed E-state index contributed by atoms with van der Waals surface area (Å²) in [7, 11) is 5.58.